The summed E-state index contributed by atoms with van der Waals surface area (Å²) in [6.07, 6.45) is 2.37. The van der Waals surface area contributed by atoms with Crippen LogP contribution in [0.4, 0.5) is 0 Å². The number of rotatable bonds is 2. The highest BCUT2D eigenvalue weighted by atomic mass is 16.5. The first-order chi connectivity index (χ1) is 9.68. The minimum Gasteiger partial charge on any atom is -0.363 e. The van der Waals surface area contributed by atoms with Gasteiger partial charge in [0.05, 0.1) is 6.61 Å². The summed E-state index contributed by atoms with van der Waals surface area (Å²) in [7, 11) is 0. The summed E-state index contributed by atoms with van der Waals surface area (Å²) >= 11 is 0. The molecule has 0 aromatic heterocycles. The molecule has 2 heterocycles. The van der Waals surface area contributed by atoms with E-state index in [0.29, 0.717) is 6.61 Å². The Kier molecular flexibility index (Phi) is 3.76. The van der Waals surface area contributed by atoms with Crippen LogP contribution in [-0.4, -0.2) is 31.1 Å². The number of hydrogen-bond acceptors (Lipinski definition) is 3. The van der Waals surface area contributed by atoms with Gasteiger partial charge in [-0.15, -0.1) is 0 Å². The summed E-state index contributed by atoms with van der Waals surface area (Å²) in [5.41, 5.74) is 2.14. The van der Waals surface area contributed by atoms with Crippen LogP contribution in [-0.2, 0) is 16.0 Å². The lowest BCUT2D eigenvalue weighted by Gasteiger charge is -2.37. The van der Waals surface area contributed by atoms with E-state index in [4.69, 9.17) is 4.74 Å². The maximum absolute atomic E-state index is 12.6. The summed E-state index contributed by atoms with van der Waals surface area (Å²) in [6, 6.07) is 8.08. The van der Waals surface area contributed by atoms with Crippen LogP contribution in [0.1, 0.15) is 37.0 Å². The standard InChI is InChI=1S/C16H22N2O2/c1-16(7-9-17-10-8-16)18-15(19)14-13-5-3-2-4-12(13)6-11-20-14/h2-5,14,17H,6-11H2,1H3,(H,18,19). The van der Waals surface area contributed by atoms with Crippen molar-refractivity contribution in [1.82, 2.24) is 10.6 Å². The van der Waals surface area contributed by atoms with Crippen molar-refractivity contribution in [2.45, 2.75) is 37.8 Å². The molecule has 1 aromatic carbocycles. The summed E-state index contributed by atoms with van der Waals surface area (Å²) in [6.45, 7) is 4.66. The second-order valence-corrected chi connectivity index (χ2v) is 6.00. The molecule has 3 rings (SSSR count). The summed E-state index contributed by atoms with van der Waals surface area (Å²) < 4.78 is 5.73. The summed E-state index contributed by atoms with van der Waals surface area (Å²) in [5.74, 6) is 0.00144. The first-order valence-corrected chi connectivity index (χ1v) is 7.40. The Bertz CT molecular complexity index is 495. The maximum Gasteiger partial charge on any atom is 0.254 e. The molecule has 20 heavy (non-hydrogen) atoms. The van der Waals surface area contributed by atoms with Gasteiger partial charge in [0, 0.05) is 5.54 Å². The third-order valence-corrected chi connectivity index (χ3v) is 4.36. The van der Waals surface area contributed by atoms with E-state index in [1.807, 2.05) is 18.2 Å². The van der Waals surface area contributed by atoms with Crippen LogP contribution in [0.2, 0.25) is 0 Å². The van der Waals surface area contributed by atoms with Gasteiger partial charge in [0.15, 0.2) is 6.10 Å². The first-order valence-electron chi connectivity index (χ1n) is 7.40. The van der Waals surface area contributed by atoms with Gasteiger partial charge in [-0.3, -0.25) is 4.79 Å². The van der Waals surface area contributed by atoms with Crippen LogP contribution in [0.3, 0.4) is 0 Å². The van der Waals surface area contributed by atoms with Crippen molar-refractivity contribution >= 4 is 5.91 Å². The Morgan fingerprint density at radius 1 is 1.35 bits per heavy atom. The third kappa shape index (κ3) is 2.72. The highest BCUT2D eigenvalue weighted by molar-refractivity contribution is 5.83. The average molecular weight is 274 g/mol. The zero-order valence-electron chi connectivity index (χ0n) is 11.9. The maximum atomic E-state index is 12.6. The Balaban J connectivity index is 1.75. The van der Waals surface area contributed by atoms with Crippen LogP contribution in [0.25, 0.3) is 0 Å². The van der Waals surface area contributed by atoms with Crippen molar-refractivity contribution in [2.75, 3.05) is 19.7 Å². The topological polar surface area (TPSA) is 50.4 Å². The van der Waals surface area contributed by atoms with Gasteiger partial charge in [-0.1, -0.05) is 24.3 Å². The molecule has 1 fully saturated rings. The van der Waals surface area contributed by atoms with Crippen LogP contribution in [0, 0.1) is 0 Å². The molecule has 1 unspecified atom stereocenters. The van der Waals surface area contributed by atoms with E-state index >= 15 is 0 Å². The predicted molar refractivity (Wildman–Crippen MR) is 77.5 cm³/mol. The molecule has 2 N–H and O–H groups in total. The van der Waals surface area contributed by atoms with Crippen molar-refractivity contribution in [3.05, 3.63) is 35.4 Å². The molecule has 1 saturated heterocycles. The lowest BCUT2D eigenvalue weighted by molar-refractivity contribution is -0.136. The minimum atomic E-state index is -0.452. The van der Waals surface area contributed by atoms with Crippen molar-refractivity contribution in [3.63, 3.8) is 0 Å². The lowest BCUT2D eigenvalue weighted by atomic mass is 9.89. The molecule has 2 aliphatic heterocycles. The quantitative estimate of drug-likeness (QED) is 0.860. The summed E-state index contributed by atoms with van der Waals surface area (Å²) in [5, 5.41) is 6.53. The summed E-state index contributed by atoms with van der Waals surface area (Å²) in [4.78, 5) is 12.6. The van der Waals surface area contributed by atoms with E-state index in [1.165, 1.54) is 5.56 Å². The molecule has 1 aromatic rings. The number of ether oxygens (including phenoxy) is 1. The first kappa shape index (κ1) is 13.6. The number of carbonyl (C=O) groups excluding carboxylic acids is 1. The van der Waals surface area contributed by atoms with E-state index in [2.05, 4.69) is 23.6 Å². The molecule has 0 bridgehead atoms. The van der Waals surface area contributed by atoms with Gasteiger partial charge in [-0.2, -0.15) is 0 Å². The Morgan fingerprint density at radius 3 is 2.90 bits per heavy atom. The van der Waals surface area contributed by atoms with E-state index in [-0.39, 0.29) is 11.4 Å². The van der Waals surface area contributed by atoms with Gasteiger partial charge in [0.1, 0.15) is 0 Å². The predicted octanol–water partition coefficient (Wildman–Crippen LogP) is 1.56. The van der Waals surface area contributed by atoms with Crippen LogP contribution in [0.15, 0.2) is 24.3 Å². The van der Waals surface area contributed by atoms with Crippen LogP contribution in [0.5, 0.6) is 0 Å². The second-order valence-electron chi connectivity index (χ2n) is 6.00. The molecule has 1 atom stereocenters. The Morgan fingerprint density at radius 2 is 2.10 bits per heavy atom. The van der Waals surface area contributed by atoms with E-state index in [1.54, 1.807) is 0 Å². The number of carbonyl (C=O) groups is 1. The molecule has 0 aliphatic carbocycles. The second kappa shape index (κ2) is 5.54. The van der Waals surface area contributed by atoms with Crippen LogP contribution >= 0.6 is 0 Å². The molecule has 0 radical (unpaired) electrons. The lowest BCUT2D eigenvalue weighted by Crippen LogP contribution is -2.53. The fraction of sp³-hybridized carbons (Fsp3) is 0.562. The van der Waals surface area contributed by atoms with E-state index in [9.17, 15) is 4.79 Å². The highest BCUT2D eigenvalue weighted by Crippen LogP contribution is 2.28. The molecule has 4 heteroatoms. The largest absolute Gasteiger partial charge is 0.363 e. The van der Waals surface area contributed by atoms with Crippen LogP contribution < -0.4 is 10.6 Å². The molecular formula is C16H22N2O2. The zero-order chi connectivity index (χ0) is 14.0. The number of hydrogen-bond donors (Lipinski definition) is 2. The molecule has 0 saturated carbocycles. The number of nitrogens with one attached hydrogen (secondary N) is 2. The minimum absolute atomic E-state index is 0.00144. The molecule has 1 amide bonds. The molecule has 2 aliphatic rings. The molecule has 0 spiro atoms. The normalized spacial score (nSPS) is 24.8. The van der Waals surface area contributed by atoms with E-state index < -0.39 is 6.10 Å². The number of fused-ring (bicyclic) bond motifs is 1. The van der Waals surface area contributed by atoms with Crippen molar-refractivity contribution < 1.29 is 9.53 Å². The number of amides is 1. The van der Waals surface area contributed by atoms with Gasteiger partial charge in [-0.05, 0) is 50.4 Å². The van der Waals surface area contributed by atoms with Crippen molar-refractivity contribution in [1.29, 1.82) is 0 Å². The molecule has 108 valence electrons. The van der Waals surface area contributed by atoms with Gasteiger partial charge in [0.25, 0.3) is 5.91 Å². The monoisotopic (exact) mass is 274 g/mol. The fourth-order valence-corrected chi connectivity index (χ4v) is 3.08. The fourth-order valence-electron chi connectivity index (χ4n) is 3.08. The number of piperidine rings is 1. The Hall–Kier alpha value is -1.39. The van der Waals surface area contributed by atoms with Gasteiger partial charge in [-0.25, -0.2) is 0 Å². The highest BCUT2D eigenvalue weighted by Gasteiger charge is 2.33. The number of benzene rings is 1. The van der Waals surface area contributed by atoms with Crippen molar-refractivity contribution in [2.24, 2.45) is 0 Å². The SMILES string of the molecule is CC1(NC(=O)C2OCCc3ccccc32)CCNCC1. The average Bonchev–Trinajstić information content (AvgIpc) is 2.47. The zero-order valence-corrected chi connectivity index (χ0v) is 11.9. The molecular weight excluding hydrogens is 252 g/mol. The van der Waals surface area contributed by atoms with Gasteiger partial charge < -0.3 is 15.4 Å². The molecule has 4 nitrogen and oxygen atoms in total. The third-order valence-electron chi connectivity index (χ3n) is 4.36. The van der Waals surface area contributed by atoms with E-state index in [0.717, 1.165) is 37.9 Å². The van der Waals surface area contributed by atoms with Gasteiger partial charge in [0.2, 0.25) is 0 Å². The Labute approximate surface area is 119 Å². The van der Waals surface area contributed by atoms with Gasteiger partial charge >= 0.3 is 0 Å². The van der Waals surface area contributed by atoms with Crippen molar-refractivity contribution in [3.8, 4) is 0 Å². The smallest absolute Gasteiger partial charge is 0.254 e.